The molecule has 0 aromatic rings. The minimum absolute atomic E-state index is 0.299. The van der Waals surface area contributed by atoms with Crippen molar-refractivity contribution in [1.82, 2.24) is 5.32 Å². The fraction of sp³-hybridized carbons (Fsp3) is 0.800. The van der Waals surface area contributed by atoms with Crippen LogP contribution in [0.3, 0.4) is 0 Å². The molecule has 2 amide bonds. The summed E-state index contributed by atoms with van der Waals surface area (Å²) in [7, 11) is 0. The number of amides is 2. The Morgan fingerprint density at radius 3 is 2.14 bits per heavy atom. The summed E-state index contributed by atoms with van der Waals surface area (Å²) < 4.78 is 0. The van der Waals surface area contributed by atoms with Crippen molar-refractivity contribution < 1.29 is 19.5 Å². The predicted octanol–water partition coefficient (Wildman–Crippen LogP) is 1.82. The molecule has 1 atom stereocenters. The fourth-order valence-electron chi connectivity index (χ4n) is 2.03. The van der Waals surface area contributed by atoms with E-state index in [0.717, 1.165) is 25.2 Å². The quantitative estimate of drug-likeness (QED) is 0.477. The monoisotopic (exact) mass is 300 g/mol. The average molecular weight is 300 g/mol. The van der Waals surface area contributed by atoms with Gasteiger partial charge >= 0.3 is 5.97 Å². The van der Waals surface area contributed by atoms with Crippen molar-refractivity contribution in [3.63, 3.8) is 0 Å². The van der Waals surface area contributed by atoms with Gasteiger partial charge in [0.05, 0.1) is 6.42 Å². The van der Waals surface area contributed by atoms with Crippen LogP contribution in [0.25, 0.3) is 0 Å². The summed E-state index contributed by atoms with van der Waals surface area (Å²) in [6, 6.07) is -1.12. The Morgan fingerprint density at radius 1 is 1.05 bits per heavy atom. The summed E-state index contributed by atoms with van der Waals surface area (Å²) in [6.45, 7) is 4.41. The number of carboxylic acid groups (broad SMARTS) is 1. The van der Waals surface area contributed by atoms with Crippen molar-refractivity contribution in [2.75, 3.05) is 0 Å². The second-order valence-electron chi connectivity index (χ2n) is 5.82. The fourth-order valence-corrected chi connectivity index (χ4v) is 2.03. The third kappa shape index (κ3) is 11.9. The standard InChI is InChI=1S/C15H28N2O4/c1-11(2)8-6-4-3-5-7-9-13(18)17-12(15(16)21)10-14(19)20/h11-12H,3-10H2,1-2H3,(H2,16,21)(H,17,18)(H,19,20). The molecule has 0 saturated heterocycles. The van der Waals surface area contributed by atoms with Gasteiger partial charge in [0.25, 0.3) is 0 Å². The molecule has 0 aromatic heterocycles. The number of carbonyl (C=O) groups is 3. The molecule has 0 aliphatic heterocycles. The molecule has 0 radical (unpaired) electrons. The van der Waals surface area contributed by atoms with E-state index in [1.165, 1.54) is 19.3 Å². The number of hydrogen-bond donors (Lipinski definition) is 3. The van der Waals surface area contributed by atoms with Crippen LogP contribution in [0.5, 0.6) is 0 Å². The molecule has 122 valence electrons. The number of carboxylic acids is 1. The van der Waals surface area contributed by atoms with Gasteiger partial charge in [0, 0.05) is 6.42 Å². The molecular formula is C15H28N2O4. The van der Waals surface area contributed by atoms with Gasteiger partial charge in [-0.1, -0.05) is 46.0 Å². The smallest absolute Gasteiger partial charge is 0.305 e. The second-order valence-corrected chi connectivity index (χ2v) is 5.82. The Balaban J connectivity index is 3.73. The molecule has 0 saturated carbocycles. The van der Waals surface area contributed by atoms with Gasteiger partial charge in [0.15, 0.2) is 0 Å². The van der Waals surface area contributed by atoms with Crippen LogP contribution in [0.4, 0.5) is 0 Å². The summed E-state index contributed by atoms with van der Waals surface area (Å²) in [5.74, 6) is -1.57. The maximum Gasteiger partial charge on any atom is 0.305 e. The summed E-state index contributed by atoms with van der Waals surface area (Å²) in [4.78, 5) is 33.2. The largest absolute Gasteiger partial charge is 0.481 e. The second kappa shape index (κ2) is 11.1. The molecule has 0 aliphatic carbocycles. The van der Waals surface area contributed by atoms with Crippen LogP contribution in [0.2, 0.25) is 0 Å². The first kappa shape index (κ1) is 19.4. The van der Waals surface area contributed by atoms with Crippen molar-refractivity contribution in [1.29, 1.82) is 0 Å². The zero-order chi connectivity index (χ0) is 16.3. The first-order valence-corrected chi connectivity index (χ1v) is 7.63. The summed E-state index contributed by atoms with van der Waals surface area (Å²) in [5.41, 5.74) is 5.05. The Bertz CT molecular complexity index is 343. The number of rotatable bonds is 12. The van der Waals surface area contributed by atoms with E-state index < -0.39 is 24.3 Å². The number of carbonyl (C=O) groups excluding carboxylic acids is 2. The Morgan fingerprint density at radius 2 is 1.62 bits per heavy atom. The van der Waals surface area contributed by atoms with Crippen LogP contribution in [0.15, 0.2) is 0 Å². The van der Waals surface area contributed by atoms with Gasteiger partial charge in [-0.05, 0) is 12.3 Å². The van der Waals surface area contributed by atoms with Crippen molar-refractivity contribution in [3.05, 3.63) is 0 Å². The molecule has 4 N–H and O–H groups in total. The predicted molar refractivity (Wildman–Crippen MR) is 80.5 cm³/mol. The van der Waals surface area contributed by atoms with E-state index in [1.54, 1.807) is 0 Å². The summed E-state index contributed by atoms with van der Waals surface area (Å²) in [5, 5.41) is 11.0. The highest BCUT2D eigenvalue weighted by atomic mass is 16.4. The van der Waals surface area contributed by atoms with Gasteiger partial charge in [-0.3, -0.25) is 14.4 Å². The third-order valence-corrected chi connectivity index (χ3v) is 3.24. The van der Waals surface area contributed by atoms with Crippen molar-refractivity contribution in [2.45, 2.75) is 71.3 Å². The summed E-state index contributed by atoms with van der Waals surface area (Å²) in [6.07, 6.45) is 6.24. The Hall–Kier alpha value is -1.59. The van der Waals surface area contributed by atoms with Crippen molar-refractivity contribution in [2.24, 2.45) is 11.7 Å². The first-order valence-electron chi connectivity index (χ1n) is 7.63. The molecule has 0 fully saturated rings. The number of primary amides is 1. The maximum atomic E-state index is 11.6. The van der Waals surface area contributed by atoms with Gasteiger partial charge in [-0.15, -0.1) is 0 Å². The lowest BCUT2D eigenvalue weighted by molar-refractivity contribution is -0.140. The van der Waals surface area contributed by atoms with Gasteiger partial charge in [0.2, 0.25) is 11.8 Å². The highest BCUT2D eigenvalue weighted by molar-refractivity contribution is 5.89. The van der Waals surface area contributed by atoms with Crippen LogP contribution in [0.1, 0.15) is 65.2 Å². The lowest BCUT2D eigenvalue weighted by Crippen LogP contribution is -2.45. The van der Waals surface area contributed by atoms with Gasteiger partial charge < -0.3 is 16.2 Å². The first-order chi connectivity index (χ1) is 9.82. The van der Waals surface area contributed by atoms with Gasteiger partial charge in [-0.2, -0.15) is 0 Å². The van der Waals surface area contributed by atoms with E-state index in [-0.39, 0.29) is 5.91 Å². The number of nitrogens with one attached hydrogen (secondary N) is 1. The topological polar surface area (TPSA) is 109 Å². The van der Waals surface area contributed by atoms with Crippen molar-refractivity contribution >= 4 is 17.8 Å². The van der Waals surface area contributed by atoms with E-state index in [0.29, 0.717) is 6.42 Å². The van der Waals surface area contributed by atoms with Crippen molar-refractivity contribution in [3.8, 4) is 0 Å². The number of hydrogen-bond acceptors (Lipinski definition) is 3. The maximum absolute atomic E-state index is 11.6. The van der Waals surface area contributed by atoms with E-state index in [2.05, 4.69) is 19.2 Å². The van der Waals surface area contributed by atoms with Crippen LogP contribution in [-0.4, -0.2) is 28.9 Å². The van der Waals surface area contributed by atoms with E-state index in [1.807, 2.05) is 0 Å². The molecule has 0 rings (SSSR count). The minimum atomic E-state index is -1.16. The Kier molecular flexibility index (Phi) is 10.3. The number of unbranched alkanes of at least 4 members (excludes halogenated alkanes) is 4. The van der Waals surface area contributed by atoms with Crippen LogP contribution in [0, 0.1) is 5.92 Å². The highest BCUT2D eigenvalue weighted by Crippen LogP contribution is 2.11. The molecule has 6 nitrogen and oxygen atoms in total. The summed E-state index contributed by atoms with van der Waals surface area (Å²) >= 11 is 0. The van der Waals surface area contributed by atoms with Crippen LogP contribution >= 0.6 is 0 Å². The highest BCUT2D eigenvalue weighted by Gasteiger charge is 2.20. The molecule has 0 spiro atoms. The zero-order valence-corrected chi connectivity index (χ0v) is 13.1. The molecule has 21 heavy (non-hydrogen) atoms. The lowest BCUT2D eigenvalue weighted by Gasteiger charge is -2.13. The molecule has 0 bridgehead atoms. The normalized spacial score (nSPS) is 12.1. The third-order valence-electron chi connectivity index (χ3n) is 3.24. The minimum Gasteiger partial charge on any atom is -0.481 e. The molecule has 1 unspecified atom stereocenters. The van der Waals surface area contributed by atoms with Crippen LogP contribution < -0.4 is 11.1 Å². The number of nitrogens with two attached hydrogens (primary N) is 1. The molecule has 0 heterocycles. The number of aliphatic carboxylic acids is 1. The molecular weight excluding hydrogens is 272 g/mol. The SMILES string of the molecule is CC(C)CCCCCCCC(=O)NC(CC(=O)O)C(N)=O. The Labute approximate surface area is 126 Å². The zero-order valence-electron chi connectivity index (χ0n) is 13.1. The van der Waals surface area contributed by atoms with Gasteiger partial charge in [-0.25, -0.2) is 0 Å². The van der Waals surface area contributed by atoms with E-state index >= 15 is 0 Å². The lowest BCUT2D eigenvalue weighted by atomic mass is 10.0. The molecule has 6 heteroatoms. The van der Waals surface area contributed by atoms with Gasteiger partial charge in [0.1, 0.15) is 6.04 Å². The molecule has 0 aliphatic rings. The van der Waals surface area contributed by atoms with E-state index in [4.69, 9.17) is 10.8 Å². The van der Waals surface area contributed by atoms with Crippen LogP contribution in [-0.2, 0) is 14.4 Å². The van der Waals surface area contributed by atoms with E-state index in [9.17, 15) is 14.4 Å². The molecule has 0 aromatic carbocycles. The average Bonchev–Trinajstić information content (AvgIpc) is 2.35.